The number of aryl methyl sites for hydroxylation is 2. The van der Waals surface area contributed by atoms with E-state index in [2.05, 4.69) is 10.4 Å². The van der Waals surface area contributed by atoms with Crippen molar-refractivity contribution in [3.8, 4) is 33.6 Å². The molecule has 0 aliphatic carbocycles. The zero-order valence-electron chi connectivity index (χ0n) is 18.8. The molecular formula is C24H24N4O4S. The lowest BCUT2D eigenvalue weighted by Gasteiger charge is -2.10. The fraction of sp³-hybridized carbons (Fsp3) is 0.208. The molecule has 2 aromatic carbocycles. The lowest BCUT2D eigenvalue weighted by Crippen LogP contribution is -2.22. The standard InChI is InChI=1S/C24H24N4O4S/c1-15-7-5-6-8-19(15)32-13-23(29)26-22-11-16(2)27-28(22)24-25-18(14-33-24)17-9-10-20(30-3)21(12-17)31-4/h5-12,14H,13H2,1-4H3,(H,26,29). The SMILES string of the molecule is COc1ccc(-c2csc(-n3nc(C)cc3NC(=O)COc3ccccc3C)n2)cc1OC. The summed E-state index contributed by atoms with van der Waals surface area (Å²) in [6.45, 7) is 3.69. The number of methoxy groups -OCH3 is 2. The van der Waals surface area contributed by atoms with Crippen LogP contribution in [0.3, 0.4) is 0 Å². The summed E-state index contributed by atoms with van der Waals surface area (Å²) < 4.78 is 18.0. The van der Waals surface area contributed by atoms with Gasteiger partial charge in [-0.3, -0.25) is 4.79 Å². The van der Waals surface area contributed by atoms with Crippen LogP contribution in [0, 0.1) is 13.8 Å². The maximum atomic E-state index is 12.5. The van der Waals surface area contributed by atoms with E-state index in [4.69, 9.17) is 19.2 Å². The molecule has 0 bridgehead atoms. The monoisotopic (exact) mass is 464 g/mol. The predicted molar refractivity (Wildman–Crippen MR) is 128 cm³/mol. The molecule has 0 aliphatic rings. The first kappa shape index (κ1) is 22.3. The highest BCUT2D eigenvalue weighted by molar-refractivity contribution is 7.12. The second-order valence-corrected chi connectivity index (χ2v) is 8.11. The maximum Gasteiger partial charge on any atom is 0.263 e. The van der Waals surface area contributed by atoms with E-state index in [1.165, 1.54) is 11.3 Å². The van der Waals surface area contributed by atoms with Crippen LogP contribution in [0.5, 0.6) is 17.2 Å². The van der Waals surface area contributed by atoms with Crippen LogP contribution in [0.25, 0.3) is 16.4 Å². The van der Waals surface area contributed by atoms with Crippen molar-refractivity contribution < 1.29 is 19.0 Å². The number of carbonyl (C=O) groups excluding carboxylic acids is 1. The molecule has 0 fully saturated rings. The molecule has 4 aromatic rings. The molecule has 2 heterocycles. The Balaban J connectivity index is 1.51. The Morgan fingerprint density at radius 3 is 2.58 bits per heavy atom. The van der Waals surface area contributed by atoms with Gasteiger partial charge in [-0.15, -0.1) is 11.3 Å². The number of para-hydroxylation sites is 1. The normalized spacial score (nSPS) is 10.7. The Hall–Kier alpha value is -3.85. The molecule has 1 amide bonds. The number of ether oxygens (including phenoxy) is 3. The summed E-state index contributed by atoms with van der Waals surface area (Å²) in [6, 6.07) is 15.0. The van der Waals surface area contributed by atoms with Gasteiger partial charge >= 0.3 is 0 Å². The second-order valence-electron chi connectivity index (χ2n) is 7.27. The number of anilines is 1. The fourth-order valence-electron chi connectivity index (χ4n) is 3.26. The molecule has 0 saturated carbocycles. The van der Waals surface area contributed by atoms with E-state index in [0.29, 0.717) is 28.2 Å². The minimum absolute atomic E-state index is 0.107. The first-order chi connectivity index (χ1) is 16.0. The Labute approximate surface area is 195 Å². The van der Waals surface area contributed by atoms with Gasteiger partial charge in [-0.25, -0.2) is 4.98 Å². The molecule has 8 nitrogen and oxygen atoms in total. The minimum atomic E-state index is -0.281. The third-order valence-electron chi connectivity index (χ3n) is 4.90. The zero-order valence-corrected chi connectivity index (χ0v) is 19.6. The number of nitrogens with zero attached hydrogens (tertiary/aromatic N) is 3. The number of rotatable bonds is 8. The molecule has 9 heteroatoms. The number of aromatic nitrogens is 3. The number of amides is 1. The summed E-state index contributed by atoms with van der Waals surface area (Å²) >= 11 is 1.42. The number of benzene rings is 2. The fourth-order valence-corrected chi connectivity index (χ4v) is 4.06. The first-order valence-electron chi connectivity index (χ1n) is 10.2. The number of thiazole rings is 1. The van der Waals surface area contributed by atoms with Gasteiger partial charge in [0.05, 0.1) is 25.6 Å². The van der Waals surface area contributed by atoms with Crippen LogP contribution >= 0.6 is 11.3 Å². The summed E-state index contributed by atoms with van der Waals surface area (Å²) in [6.07, 6.45) is 0. The van der Waals surface area contributed by atoms with E-state index in [0.717, 1.165) is 22.5 Å². The van der Waals surface area contributed by atoms with Crippen molar-refractivity contribution in [1.29, 1.82) is 0 Å². The van der Waals surface area contributed by atoms with Crippen molar-refractivity contribution in [1.82, 2.24) is 14.8 Å². The molecule has 2 aromatic heterocycles. The van der Waals surface area contributed by atoms with Crippen LogP contribution in [-0.2, 0) is 4.79 Å². The van der Waals surface area contributed by atoms with Gasteiger partial charge in [0, 0.05) is 17.0 Å². The zero-order chi connectivity index (χ0) is 23.4. The van der Waals surface area contributed by atoms with E-state index >= 15 is 0 Å². The van der Waals surface area contributed by atoms with E-state index in [1.807, 2.05) is 61.7 Å². The Morgan fingerprint density at radius 1 is 1.03 bits per heavy atom. The average molecular weight is 465 g/mol. The maximum absolute atomic E-state index is 12.5. The minimum Gasteiger partial charge on any atom is -0.493 e. The summed E-state index contributed by atoms with van der Waals surface area (Å²) in [4.78, 5) is 17.2. The van der Waals surface area contributed by atoms with E-state index < -0.39 is 0 Å². The first-order valence-corrected chi connectivity index (χ1v) is 11.1. The molecule has 170 valence electrons. The van der Waals surface area contributed by atoms with Gasteiger partial charge in [0.1, 0.15) is 11.6 Å². The van der Waals surface area contributed by atoms with Crippen molar-refractivity contribution in [2.24, 2.45) is 0 Å². The largest absolute Gasteiger partial charge is 0.493 e. The quantitative estimate of drug-likeness (QED) is 0.409. The van der Waals surface area contributed by atoms with Gasteiger partial charge in [-0.2, -0.15) is 9.78 Å². The van der Waals surface area contributed by atoms with E-state index in [1.54, 1.807) is 25.0 Å². The Bertz CT molecular complexity index is 1280. The van der Waals surface area contributed by atoms with E-state index in [9.17, 15) is 4.79 Å². The van der Waals surface area contributed by atoms with Gasteiger partial charge < -0.3 is 19.5 Å². The van der Waals surface area contributed by atoms with Crippen LogP contribution in [0.4, 0.5) is 5.82 Å². The molecular weight excluding hydrogens is 440 g/mol. The highest BCUT2D eigenvalue weighted by Gasteiger charge is 2.16. The Morgan fingerprint density at radius 2 is 1.82 bits per heavy atom. The summed E-state index contributed by atoms with van der Waals surface area (Å²) in [5, 5.41) is 9.93. The third kappa shape index (κ3) is 4.98. The molecule has 0 unspecified atom stereocenters. The number of hydrogen-bond acceptors (Lipinski definition) is 7. The van der Waals surface area contributed by atoms with Crippen molar-refractivity contribution in [2.75, 3.05) is 26.1 Å². The second kappa shape index (κ2) is 9.74. The van der Waals surface area contributed by atoms with Crippen LogP contribution in [0.2, 0.25) is 0 Å². The highest BCUT2D eigenvalue weighted by atomic mass is 32.1. The molecule has 4 rings (SSSR count). The third-order valence-corrected chi connectivity index (χ3v) is 5.72. The molecule has 1 N–H and O–H groups in total. The predicted octanol–water partition coefficient (Wildman–Crippen LogP) is 4.65. The summed E-state index contributed by atoms with van der Waals surface area (Å²) in [5.41, 5.74) is 3.38. The highest BCUT2D eigenvalue weighted by Crippen LogP contribution is 2.33. The van der Waals surface area contributed by atoms with Gasteiger partial charge in [-0.05, 0) is 43.7 Å². The van der Waals surface area contributed by atoms with Gasteiger partial charge in [-0.1, -0.05) is 18.2 Å². The smallest absolute Gasteiger partial charge is 0.263 e. The molecule has 0 spiro atoms. The van der Waals surface area contributed by atoms with Gasteiger partial charge in [0.25, 0.3) is 5.91 Å². The topological polar surface area (TPSA) is 87.5 Å². The van der Waals surface area contributed by atoms with Crippen molar-refractivity contribution in [2.45, 2.75) is 13.8 Å². The van der Waals surface area contributed by atoms with Crippen molar-refractivity contribution >= 4 is 23.1 Å². The van der Waals surface area contributed by atoms with E-state index in [-0.39, 0.29) is 12.5 Å². The molecule has 0 saturated heterocycles. The average Bonchev–Trinajstić information content (AvgIpc) is 3.44. The van der Waals surface area contributed by atoms with Gasteiger partial charge in [0.15, 0.2) is 18.1 Å². The lowest BCUT2D eigenvalue weighted by atomic mass is 10.1. The molecule has 0 radical (unpaired) electrons. The Kier molecular flexibility index (Phi) is 6.60. The van der Waals surface area contributed by atoms with Crippen LogP contribution < -0.4 is 19.5 Å². The lowest BCUT2D eigenvalue weighted by molar-refractivity contribution is -0.118. The molecule has 33 heavy (non-hydrogen) atoms. The van der Waals surface area contributed by atoms with Gasteiger partial charge in [0.2, 0.25) is 5.13 Å². The summed E-state index contributed by atoms with van der Waals surface area (Å²) in [7, 11) is 3.19. The molecule has 0 aliphatic heterocycles. The number of carbonyl (C=O) groups is 1. The van der Waals surface area contributed by atoms with Crippen molar-refractivity contribution in [3.05, 3.63) is 65.2 Å². The van der Waals surface area contributed by atoms with Crippen LogP contribution in [0.15, 0.2) is 53.9 Å². The number of hydrogen-bond donors (Lipinski definition) is 1. The summed E-state index contributed by atoms with van der Waals surface area (Å²) in [5.74, 6) is 2.20. The molecule has 0 atom stereocenters. The van der Waals surface area contributed by atoms with Crippen molar-refractivity contribution in [3.63, 3.8) is 0 Å². The number of nitrogens with one attached hydrogen (secondary N) is 1. The van der Waals surface area contributed by atoms with Crippen LogP contribution in [-0.4, -0.2) is 41.5 Å². The van der Waals surface area contributed by atoms with Crippen LogP contribution in [0.1, 0.15) is 11.3 Å².